The van der Waals surface area contributed by atoms with E-state index in [0.717, 1.165) is 25.2 Å². The van der Waals surface area contributed by atoms with Gasteiger partial charge in [-0.25, -0.2) is 4.98 Å². The van der Waals surface area contributed by atoms with Gasteiger partial charge in [-0.1, -0.05) is 0 Å². The number of aryl methyl sites for hydroxylation is 3. The van der Waals surface area contributed by atoms with Crippen LogP contribution < -0.4 is 5.73 Å². The molecule has 0 aliphatic carbocycles. The van der Waals surface area contributed by atoms with Crippen LogP contribution in [0.5, 0.6) is 0 Å². The van der Waals surface area contributed by atoms with Gasteiger partial charge in [0.25, 0.3) is 0 Å². The maximum Gasteiger partial charge on any atom is 0.110 e. The van der Waals surface area contributed by atoms with E-state index in [9.17, 15) is 0 Å². The summed E-state index contributed by atoms with van der Waals surface area (Å²) in [4.78, 5) is 4.29. The first-order valence-corrected chi connectivity index (χ1v) is 5.88. The Kier molecular flexibility index (Phi) is 3.58. The highest BCUT2D eigenvalue weighted by atomic mass is 15.3. The normalized spacial score (nSPS) is 12.9. The average molecular weight is 233 g/mol. The largest absolute Gasteiger partial charge is 0.338 e. The van der Waals surface area contributed by atoms with E-state index in [0.29, 0.717) is 0 Å². The van der Waals surface area contributed by atoms with Crippen LogP contribution in [0.3, 0.4) is 0 Å². The Balaban J connectivity index is 1.91. The minimum atomic E-state index is 0.183. The molecule has 2 aromatic heterocycles. The Labute approximate surface area is 101 Å². The molecule has 0 spiro atoms. The molecule has 0 aliphatic heterocycles. The van der Waals surface area contributed by atoms with Crippen LogP contribution in [-0.2, 0) is 26.4 Å². The van der Waals surface area contributed by atoms with Gasteiger partial charge in [0.1, 0.15) is 5.82 Å². The molecule has 5 nitrogen and oxygen atoms in total. The monoisotopic (exact) mass is 233 g/mol. The predicted octanol–water partition coefficient (Wildman–Crippen LogP) is 0.749. The van der Waals surface area contributed by atoms with E-state index in [1.807, 2.05) is 41.8 Å². The van der Waals surface area contributed by atoms with E-state index in [-0.39, 0.29) is 6.04 Å². The number of hydrogen-bond acceptors (Lipinski definition) is 3. The van der Waals surface area contributed by atoms with Gasteiger partial charge in [0.15, 0.2) is 0 Å². The summed E-state index contributed by atoms with van der Waals surface area (Å²) in [6, 6.07) is 0.183. The van der Waals surface area contributed by atoms with Gasteiger partial charge >= 0.3 is 0 Å². The molecule has 0 aliphatic rings. The zero-order valence-electron chi connectivity index (χ0n) is 10.4. The Morgan fingerprint density at radius 3 is 2.94 bits per heavy atom. The Morgan fingerprint density at radius 1 is 1.47 bits per heavy atom. The second kappa shape index (κ2) is 5.14. The van der Waals surface area contributed by atoms with Crippen molar-refractivity contribution in [2.45, 2.75) is 32.4 Å². The smallest absolute Gasteiger partial charge is 0.110 e. The molecule has 0 aromatic carbocycles. The fourth-order valence-electron chi connectivity index (χ4n) is 1.86. The molecule has 0 fully saturated rings. The van der Waals surface area contributed by atoms with Gasteiger partial charge in [-0.3, -0.25) is 4.68 Å². The lowest BCUT2D eigenvalue weighted by atomic mass is 10.1. The van der Waals surface area contributed by atoms with Crippen LogP contribution in [0.1, 0.15) is 18.3 Å². The Morgan fingerprint density at radius 2 is 2.29 bits per heavy atom. The van der Waals surface area contributed by atoms with Crippen molar-refractivity contribution < 1.29 is 0 Å². The molecule has 0 amide bonds. The second-order valence-corrected chi connectivity index (χ2v) is 4.50. The van der Waals surface area contributed by atoms with Crippen LogP contribution in [0, 0.1) is 0 Å². The van der Waals surface area contributed by atoms with Crippen LogP contribution in [0.4, 0.5) is 0 Å². The Bertz CT molecular complexity index is 469. The second-order valence-electron chi connectivity index (χ2n) is 4.50. The highest BCUT2D eigenvalue weighted by Crippen LogP contribution is 2.03. The summed E-state index contributed by atoms with van der Waals surface area (Å²) >= 11 is 0. The molecule has 2 heterocycles. The number of aromatic nitrogens is 4. The highest BCUT2D eigenvalue weighted by molar-refractivity contribution is 5.05. The summed E-state index contributed by atoms with van der Waals surface area (Å²) in [5.41, 5.74) is 6.95. The molecule has 2 aromatic rings. The van der Waals surface area contributed by atoms with Crippen LogP contribution in [0.2, 0.25) is 0 Å². The number of nitrogens with two attached hydrogens (primary N) is 1. The van der Waals surface area contributed by atoms with Gasteiger partial charge in [-0.15, -0.1) is 0 Å². The first-order valence-electron chi connectivity index (χ1n) is 5.88. The van der Waals surface area contributed by atoms with E-state index in [2.05, 4.69) is 16.3 Å². The average Bonchev–Trinajstić information content (AvgIpc) is 2.84. The van der Waals surface area contributed by atoms with Gasteiger partial charge in [-0.2, -0.15) is 5.10 Å². The summed E-state index contributed by atoms with van der Waals surface area (Å²) in [5, 5.41) is 4.32. The van der Waals surface area contributed by atoms with E-state index in [1.165, 1.54) is 5.56 Å². The zero-order chi connectivity index (χ0) is 12.3. The third kappa shape index (κ3) is 3.17. The van der Waals surface area contributed by atoms with Gasteiger partial charge in [0, 0.05) is 44.6 Å². The topological polar surface area (TPSA) is 61.7 Å². The lowest BCUT2D eigenvalue weighted by molar-refractivity contribution is 0.588. The lowest BCUT2D eigenvalue weighted by Crippen LogP contribution is -2.17. The highest BCUT2D eigenvalue weighted by Gasteiger charge is 2.03. The van der Waals surface area contributed by atoms with Gasteiger partial charge in [0.2, 0.25) is 0 Å². The number of nitrogens with zero attached hydrogens (tertiary/aromatic N) is 4. The molecule has 0 saturated heterocycles. The van der Waals surface area contributed by atoms with Crippen LogP contribution in [-0.4, -0.2) is 25.4 Å². The van der Waals surface area contributed by atoms with Crippen molar-refractivity contribution in [3.05, 3.63) is 36.2 Å². The maximum absolute atomic E-state index is 5.75. The van der Waals surface area contributed by atoms with Gasteiger partial charge in [-0.05, 0) is 18.9 Å². The molecule has 2 N–H and O–H groups in total. The van der Waals surface area contributed by atoms with E-state index < -0.39 is 0 Å². The summed E-state index contributed by atoms with van der Waals surface area (Å²) in [6.45, 7) is 2.86. The lowest BCUT2D eigenvalue weighted by Gasteiger charge is -2.02. The summed E-state index contributed by atoms with van der Waals surface area (Å²) in [7, 11) is 2.01. The first-order chi connectivity index (χ1) is 8.15. The molecular weight excluding hydrogens is 214 g/mol. The summed E-state index contributed by atoms with van der Waals surface area (Å²) in [5.74, 6) is 1.08. The molecule has 2 rings (SSSR count). The first kappa shape index (κ1) is 11.9. The maximum atomic E-state index is 5.75. The van der Waals surface area contributed by atoms with Gasteiger partial charge < -0.3 is 10.3 Å². The van der Waals surface area contributed by atoms with Crippen molar-refractivity contribution in [2.24, 2.45) is 12.8 Å². The summed E-state index contributed by atoms with van der Waals surface area (Å²) < 4.78 is 3.98. The van der Waals surface area contributed by atoms with Crippen molar-refractivity contribution in [3.8, 4) is 0 Å². The minimum Gasteiger partial charge on any atom is -0.338 e. The van der Waals surface area contributed by atoms with Crippen molar-refractivity contribution >= 4 is 0 Å². The van der Waals surface area contributed by atoms with Gasteiger partial charge in [0.05, 0.1) is 6.20 Å². The molecule has 1 unspecified atom stereocenters. The van der Waals surface area contributed by atoms with Crippen molar-refractivity contribution in [2.75, 3.05) is 0 Å². The Hall–Kier alpha value is -1.62. The molecule has 0 bridgehead atoms. The van der Waals surface area contributed by atoms with Crippen molar-refractivity contribution in [1.82, 2.24) is 19.3 Å². The van der Waals surface area contributed by atoms with Crippen LogP contribution in [0.25, 0.3) is 0 Å². The fourth-order valence-corrected chi connectivity index (χ4v) is 1.86. The number of imidazole rings is 1. The number of hydrogen-bond donors (Lipinski definition) is 1. The molecule has 5 heteroatoms. The molecule has 17 heavy (non-hydrogen) atoms. The fraction of sp³-hybridized carbons (Fsp3) is 0.500. The molecule has 0 saturated carbocycles. The van der Waals surface area contributed by atoms with E-state index in [1.54, 1.807) is 0 Å². The third-order valence-electron chi connectivity index (χ3n) is 2.73. The van der Waals surface area contributed by atoms with Crippen molar-refractivity contribution in [1.29, 1.82) is 0 Å². The quantitative estimate of drug-likeness (QED) is 0.829. The van der Waals surface area contributed by atoms with Crippen LogP contribution in [0.15, 0.2) is 24.8 Å². The standard InChI is InChI=1S/C12H19N5/c1-10(13)7-11-8-15-17(9-11)5-3-12-14-4-6-16(12)2/h4,6,8-10H,3,5,7,13H2,1-2H3. The number of rotatable bonds is 5. The SMILES string of the molecule is CC(N)Cc1cnn(CCc2nccn2C)c1. The van der Waals surface area contributed by atoms with E-state index >= 15 is 0 Å². The molecule has 0 radical (unpaired) electrons. The molecule has 1 atom stereocenters. The molecule has 92 valence electrons. The minimum absolute atomic E-state index is 0.183. The zero-order valence-corrected chi connectivity index (χ0v) is 10.4. The molecular formula is C12H19N5. The summed E-state index contributed by atoms with van der Waals surface area (Å²) in [6.07, 6.45) is 9.50. The van der Waals surface area contributed by atoms with Crippen molar-refractivity contribution in [3.63, 3.8) is 0 Å². The van der Waals surface area contributed by atoms with Crippen LogP contribution >= 0.6 is 0 Å². The van der Waals surface area contributed by atoms with E-state index in [4.69, 9.17) is 5.73 Å². The predicted molar refractivity (Wildman–Crippen MR) is 66.5 cm³/mol. The third-order valence-corrected chi connectivity index (χ3v) is 2.73.